The zero-order chi connectivity index (χ0) is 24.9. The Bertz CT molecular complexity index is 1170. The fraction of sp³-hybridized carbons (Fsp3) is 0.407. The van der Waals surface area contributed by atoms with Crippen LogP contribution in [0.3, 0.4) is 0 Å². The highest BCUT2D eigenvalue weighted by molar-refractivity contribution is 5.97. The van der Waals surface area contributed by atoms with E-state index in [1.165, 1.54) is 0 Å². The minimum absolute atomic E-state index is 0.0678. The number of aromatic nitrogens is 2. The number of aryl methyl sites for hydroxylation is 2. The highest BCUT2D eigenvalue weighted by atomic mass is 16.5. The molecule has 1 unspecified atom stereocenters. The highest BCUT2D eigenvalue weighted by Crippen LogP contribution is 2.29. The lowest BCUT2D eigenvalue weighted by atomic mass is 10.0. The molecule has 1 aliphatic rings. The minimum Gasteiger partial charge on any atom is -0.491 e. The van der Waals surface area contributed by atoms with E-state index in [0.29, 0.717) is 11.3 Å². The molecule has 8 heteroatoms. The van der Waals surface area contributed by atoms with Crippen molar-refractivity contribution < 1.29 is 14.6 Å². The molecule has 186 valence electrons. The monoisotopic (exact) mass is 477 g/mol. The summed E-state index contributed by atoms with van der Waals surface area (Å²) in [4.78, 5) is 18.0. The summed E-state index contributed by atoms with van der Waals surface area (Å²) in [6, 6.07) is 11.8. The third-order valence-corrected chi connectivity index (χ3v) is 6.51. The zero-order valence-corrected chi connectivity index (χ0v) is 21.0. The summed E-state index contributed by atoms with van der Waals surface area (Å²) in [5.74, 6) is 0.542. The van der Waals surface area contributed by atoms with Gasteiger partial charge in [0, 0.05) is 56.2 Å². The molecule has 1 saturated heterocycles. The molecule has 2 aromatic carbocycles. The molecule has 8 nitrogen and oxygen atoms in total. The average Bonchev–Trinajstić information content (AvgIpc) is 3.29. The molecular formula is C27H35N5O3. The van der Waals surface area contributed by atoms with Gasteiger partial charge in [-0.05, 0) is 67.9 Å². The van der Waals surface area contributed by atoms with E-state index in [0.717, 1.165) is 54.1 Å². The van der Waals surface area contributed by atoms with Gasteiger partial charge in [0.25, 0.3) is 5.91 Å². The smallest absolute Gasteiger partial charge is 0.252 e. The number of amides is 1. The van der Waals surface area contributed by atoms with E-state index in [4.69, 9.17) is 4.74 Å². The second-order valence-electron chi connectivity index (χ2n) is 9.25. The van der Waals surface area contributed by atoms with Crippen molar-refractivity contribution in [2.24, 2.45) is 7.05 Å². The first-order valence-corrected chi connectivity index (χ1v) is 12.1. The van der Waals surface area contributed by atoms with E-state index in [-0.39, 0.29) is 25.2 Å². The van der Waals surface area contributed by atoms with Crippen LogP contribution < -0.4 is 15.0 Å². The highest BCUT2D eigenvalue weighted by Gasteiger charge is 2.19. The predicted molar refractivity (Wildman–Crippen MR) is 138 cm³/mol. The number of carbonyl (C=O) groups is 1. The molecule has 0 aliphatic carbocycles. The molecule has 1 atom stereocenters. The van der Waals surface area contributed by atoms with Gasteiger partial charge in [-0.2, -0.15) is 5.10 Å². The van der Waals surface area contributed by atoms with Crippen molar-refractivity contribution in [3.8, 4) is 16.9 Å². The predicted octanol–water partition coefficient (Wildman–Crippen LogP) is 3.01. The van der Waals surface area contributed by atoms with E-state index in [9.17, 15) is 9.90 Å². The molecule has 1 amide bonds. The minimum atomic E-state index is -0.248. The van der Waals surface area contributed by atoms with Gasteiger partial charge in [-0.3, -0.25) is 9.48 Å². The topological polar surface area (TPSA) is 82.9 Å². The van der Waals surface area contributed by atoms with Crippen LogP contribution in [0.5, 0.6) is 5.75 Å². The number of aliphatic hydroxyl groups is 1. The number of aliphatic hydroxyl groups excluding tert-OH is 1. The first kappa shape index (κ1) is 24.8. The van der Waals surface area contributed by atoms with Crippen LogP contribution in [0.15, 0.2) is 48.8 Å². The molecule has 35 heavy (non-hydrogen) atoms. The van der Waals surface area contributed by atoms with Crippen LogP contribution in [0.2, 0.25) is 0 Å². The Kier molecular flexibility index (Phi) is 7.73. The van der Waals surface area contributed by atoms with Crippen LogP contribution in [0.25, 0.3) is 11.1 Å². The van der Waals surface area contributed by atoms with Crippen LogP contribution in [0.4, 0.5) is 5.69 Å². The number of benzene rings is 2. The van der Waals surface area contributed by atoms with E-state index >= 15 is 0 Å². The summed E-state index contributed by atoms with van der Waals surface area (Å²) in [7, 11) is 4.01. The molecular weight excluding hydrogens is 442 g/mol. The van der Waals surface area contributed by atoms with Gasteiger partial charge in [-0.25, -0.2) is 0 Å². The Hall–Kier alpha value is -3.36. The second kappa shape index (κ2) is 10.9. The summed E-state index contributed by atoms with van der Waals surface area (Å²) in [6.07, 6.45) is 3.73. The Morgan fingerprint density at radius 1 is 1.11 bits per heavy atom. The molecule has 1 fully saturated rings. The molecule has 3 aromatic rings. The van der Waals surface area contributed by atoms with E-state index < -0.39 is 0 Å². The fourth-order valence-electron chi connectivity index (χ4n) is 4.33. The summed E-state index contributed by atoms with van der Waals surface area (Å²) in [6.45, 7) is 8.01. The molecule has 0 spiro atoms. The Labute approximate surface area is 207 Å². The van der Waals surface area contributed by atoms with Crippen molar-refractivity contribution in [3.05, 3.63) is 65.5 Å². The molecule has 4 rings (SSSR count). The molecule has 2 heterocycles. The second-order valence-corrected chi connectivity index (χ2v) is 9.25. The molecule has 0 saturated carbocycles. The number of ether oxygens (including phenoxy) is 1. The lowest BCUT2D eigenvalue weighted by Crippen LogP contribution is -2.44. The Balaban J connectivity index is 1.55. The number of hydrogen-bond donors (Lipinski definition) is 2. The summed E-state index contributed by atoms with van der Waals surface area (Å²) < 4.78 is 7.46. The number of anilines is 1. The van der Waals surface area contributed by atoms with Crippen molar-refractivity contribution in [2.45, 2.75) is 19.9 Å². The maximum absolute atomic E-state index is 13.3. The van der Waals surface area contributed by atoms with Gasteiger partial charge in [-0.15, -0.1) is 0 Å². The third-order valence-electron chi connectivity index (χ3n) is 6.51. The third kappa shape index (κ3) is 6.01. The molecule has 0 radical (unpaired) electrons. The first-order chi connectivity index (χ1) is 16.8. The van der Waals surface area contributed by atoms with E-state index in [2.05, 4.69) is 33.3 Å². The van der Waals surface area contributed by atoms with Crippen molar-refractivity contribution in [2.75, 3.05) is 51.3 Å². The number of nitrogens with one attached hydrogen (secondary N) is 1. The van der Waals surface area contributed by atoms with Crippen molar-refractivity contribution in [3.63, 3.8) is 0 Å². The number of likely N-dealkylation sites (N-methyl/N-ethyl adjacent to an activating group) is 1. The Morgan fingerprint density at radius 2 is 1.89 bits per heavy atom. The van der Waals surface area contributed by atoms with E-state index in [1.807, 2.05) is 57.4 Å². The van der Waals surface area contributed by atoms with Crippen LogP contribution in [-0.2, 0) is 7.05 Å². The van der Waals surface area contributed by atoms with E-state index in [1.54, 1.807) is 10.9 Å². The number of rotatable bonds is 8. The maximum atomic E-state index is 13.3. The molecule has 1 aromatic heterocycles. The van der Waals surface area contributed by atoms with Gasteiger partial charge in [0.2, 0.25) is 0 Å². The lowest BCUT2D eigenvalue weighted by molar-refractivity contribution is 0.0939. The van der Waals surface area contributed by atoms with Crippen LogP contribution >= 0.6 is 0 Å². The number of nitrogens with zero attached hydrogens (tertiary/aromatic N) is 4. The summed E-state index contributed by atoms with van der Waals surface area (Å²) in [5.41, 5.74) is 5.53. The van der Waals surface area contributed by atoms with Gasteiger partial charge in [-0.1, -0.05) is 6.07 Å². The Morgan fingerprint density at radius 3 is 2.57 bits per heavy atom. The van der Waals surface area contributed by atoms with Crippen LogP contribution in [0, 0.1) is 6.92 Å². The molecule has 0 bridgehead atoms. The SMILES string of the molecule is Cc1ccc(N2CCN(C)CC2)cc1C(=O)NC(C)c1cc(OCCO)cc(-c2cnn(C)c2)c1. The standard InChI is InChI=1S/C27H35N5O3/c1-19-5-6-24(32-9-7-30(3)8-10-32)16-26(19)27(34)29-20(2)21-13-22(23-17-28-31(4)18-23)15-25(14-21)35-12-11-33/h5-6,13-18,20,33H,7-12H2,1-4H3,(H,29,34). The normalized spacial score (nSPS) is 15.2. The average molecular weight is 478 g/mol. The number of carbonyl (C=O) groups excluding carboxylic acids is 1. The summed E-state index contributed by atoms with van der Waals surface area (Å²) >= 11 is 0. The van der Waals surface area contributed by atoms with Crippen LogP contribution in [0.1, 0.15) is 34.5 Å². The number of hydrogen-bond acceptors (Lipinski definition) is 6. The van der Waals surface area contributed by atoms with Gasteiger partial charge in [0.05, 0.1) is 18.8 Å². The largest absolute Gasteiger partial charge is 0.491 e. The summed E-state index contributed by atoms with van der Waals surface area (Å²) in [5, 5.41) is 16.6. The van der Waals surface area contributed by atoms with Crippen molar-refractivity contribution in [1.82, 2.24) is 20.0 Å². The van der Waals surface area contributed by atoms with Gasteiger partial charge in [0.15, 0.2) is 0 Å². The van der Waals surface area contributed by atoms with Gasteiger partial charge in [0.1, 0.15) is 12.4 Å². The van der Waals surface area contributed by atoms with Crippen molar-refractivity contribution >= 4 is 11.6 Å². The lowest BCUT2D eigenvalue weighted by Gasteiger charge is -2.34. The van der Waals surface area contributed by atoms with Gasteiger partial charge < -0.3 is 25.0 Å². The maximum Gasteiger partial charge on any atom is 0.252 e. The fourth-order valence-corrected chi connectivity index (χ4v) is 4.33. The van der Waals surface area contributed by atoms with Gasteiger partial charge >= 0.3 is 0 Å². The number of piperazine rings is 1. The zero-order valence-electron chi connectivity index (χ0n) is 21.0. The molecule has 1 aliphatic heterocycles. The van der Waals surface area contributed by atoms with Crippen LogP contribution in [-0.4, -0.2) is 72.1 Å². The first-order valence-electron chi connectivity index (χ1n) is 12.1. The van der Waals surface area contributed by atoms with Crippen molar-refractivity contribution in [1.29, 1.82) is 0 Å². The quantitative estimate of drug-likeness (QED) is 0.519. The molecule has 2 N–H and O–H groups in total.